The number of imidazole rings is 1. The number of unbranched alkanes of at least 4 members (excludes halogenated alkanes) is 18. The Morgan fingerprint density at radius 1 is 0.622 bits per heavy atom. The molecule has 1 aromatic heterocycles. The van der Waals surface area contributed by atoms with Gasteiger partial charge in [-0.15, -0.1) is 0 Å². The molecule has 218 valence electrons. The van der Waals surface area contributed by atoms with Crippen LogP contribution < -0.4 is 16.3 Å². The Hall–Kier alpha value is -1.27. The predicted molar refractivity (Wildman–Crippen MR) is 159 cm³/mol. The van der Waals surface area contributed by atoms with Crippen LogP contribution in [0, 0.1) is 0 Å². The first kappa shape index (κ1) is 33.8. The maximum atomic E-state index is 13.0. The molecule has 0 aromatic carbocycles. The van der Waals surface area contributed by atoms with Gasteiger partial charge in [-0.3, -0.25) is 15.2 Å². The highest BCUT2D eigenvalue weighted by molar-refractivity contribution is 5.07. The molecule has 2 unspecified atom stereocenters. The van der Waals surface area contributed by atoms with Crippen molar-refractivity contribution in [2.24, 2.45) is 0 Å². The molecule has 3 N–H and O–H groups in total. The van der Waals surface area contributed by atoms with Gasteiger partial charge in [0, 0.05) is 0 Å². The summed E-state index contributed by atoms with van der Waals surface area (Å²) in [7, 11) is 0. The molecule has 0 bridgehead atoms. The Kier molecular flexibility index (Phi) is 20.7. The van der Waals surface area contributed by atoms with Gasteiger partial charge >= 0.3 is 5.69 Å². The van der Waals surface area contributed by atoms with Crippen molar-refractivity contribution in [3.05, 3.63) is 16.7 Å². The normalized spacial score (nSPS) is 13.3. The smallest absolute Gasteiger partial charge is 0.333 e. The Morgan fingerprint density at radius 3 is 1.38 bits per heavy atom. The van der Waals surface area contributed by atoms with Gasteiger partial charge in [0.1, 0.15) is 0 Å². The summed E-state index contributed by atoms with van der Waals surface area (Å²) in [5.41, 5.74) is -0.163. The average molecular weight is 523 g/mol. The quantitative estimate of drug-likeness (QED) is 0.107. The lowest BCUT2D eigenvalue weighted by Gasteiger charge is -2.16. The molecule has 1 rings (SSSR count). The number of rotatable bonds is 26. The molecule has 0 amide bonds. The van der Waals surface area contributed by atoms with Crippen LogP contribution >= 0.6 is 0 Å². The summed E-state index contributed by atoms with van der Waals surface area (Å²) >= 11 is 0. The Bertz CT molecular complexity index is 700. The lowest BCUT2D eigenvalue weighted by molar-refractivity contribution is 0.344. The molecular weight excluding hydrogens is 460 g/mol. The van der Waals surface area contributed by atoms with Gasteiger partial charge in [-0.1, -0.05) is 129 Å². The lowest BCUT2D eigenvalue weighted by Crippen LogP contribution is -2.37. The minimum absolute atomic E-state index is 0.0284. The van der Waals surface area contributed by atoms with Crippen molar-refractivity contribution in [3.8, 4) is 5.88 Å². The standard InChI is InChI=1S/C31H62N4O2/c1-5-7-9-11-13-15-17-19-21-23-25-32-28(3)34-27-30(36)35(31(34)37)29(4)33-26-24-22-20-18-16-14-12-10-8-6-2/h27-29,32-33,36H,5-26H2,1-4H3. The fourth-order valence-electron chi connectivity index (χ4n) is 5.14. The number of nitrogens with one attached hydrogen (secondary N) is 2. The van der Waals surface area contributed by atoms with Crippen LogP contribution in [0.3, 0.4) is 0 Å². The minimum atomic E-state index is -0.221. The van der Waals surface area contributed by atoms with E-state index in [1.54, 1.807) is 10.8 Å². The molecule has 0 spiro atoms. The van der Waals surface area contributed by atoms with E-state index in [2.05, 4.69) is 24.5 Å². The topological polar surface area (TPSA) is 71.2 Å². The first-order chi connectivity index (χ1) is 18.0. The van der Waals surface area contributed by atoms with Crippen LogP contribution in [0.2, 0.25) is 0 Å². The molecule has 6 nitrogen and oxygen atoms in total. The zero-order chi connectivity index (χ0) is 27.1. The largest absolute Gasteiger partial charge is 0.493 e. The fraction of sp³-hybridized carbons (Fsp3) is 0.903. The Labute approximate surface area is 229 Å². The number of nitrogens with zero attached hydrogens (tertiary/aromatic N) is 2. The van der Waals surface area contributed by atoms with E-state index in [0.717, 1.165) is 25.9 Å². The second-order valence-corrected chi connectivity index (χ2v) is 11.2. The third-order valence-corrected chi connectivity index (χ3v) is 7.67. The van der Waals surface area contributed by atoms with Gasteiger partial charge in [-0.05, 0) is 39.8 Å². The van der Waals surface area contributed by atoms with Crippen molar-refractivity contribution >= 4 is 0 Å². The summed E-state index contributed by atoms with van der Waals surface area (Å²) in [6.07, 6.45) is 27.6. The van der Waals surface area contributed by atoms with E-state index in [4.69, 9.17) is 0 Å². The van der Waals surface area contributed by atoms with Crippen LogP contribution in [0.4, 0.5) is 0 Å². The summed E-state index contributed by atoms with van der Waals surface area (Å²) in [6.45, 7) is 10.2. The highest BCUT2D eigenvalue weighted by Gasteiger charge is 2.18. The highest BCUT2D eigenvalue weighted by atomic mass is 16.3. The molecule has 0 aliphatic rings. The third kappa shape index (κ3) is 15.7. The fourth-order valence-corrected chi connectivity index (χ4v) is 5.14. The van der Waals surface area contributed by atoms with Crippen LogP contribution in [0.25, 0.3) is 0 Å². The van der Waals surface area contributed by atoms with E-state index >= 15 is 0 Å². The molecule has 0 saturated carbocycles. The van der Waals surface area contributed by atoms with Gasteiger partial charge in [0.2, 0.25) is 5.88 Å². The van der Waals surface area contributed by atoms with Gasteiger partial charge in [-0.25, -0.2) is 9.36 Å². The van der Waals surface area contributed by atoms with Gasteiger partial charge in [-0.2, -0.15) is 0 Å². The molecule has 0 aliphatic heterocycles. The highest BCUT2D eigenvalue weighted by Crippen LogP contribution is 2.15. The lowest BCUT2D eigenvalue weighted by atomic mass is 10.1. The summed E-state index contributed by atoms with van der Waals surface area (Å²) in [5, 5.41) is 17.3. The third-order valence-electron chi connectivity index (χ3n) is 7.67. The molecule has 6 heteroatoms. The average Bonchev–Trinajstić information content (AvgIpc) is 3.19. The van der Waals surface area contributed by atoms with Gasteiger partial charge in [0.05, 0.1) is 18.5 Å². The molecule has 2 atom stereocenters. The molecule has 0 saturated heterocycles. The number of aromatic nitrogens is 2. The van der Waals surface area contributed by atoms with E-state index in [1.807, 2.05) is 13.8 Å². The predicted octanol–water partition coefficient (Wildman–Crippen LogP) is 8.41. The van der Waals surface area contributed by atoms with E-state index in [1.165, 1.54) is 120 Å². The minimum Gasteiger partial charge on any atom is -0.493 e. The molecule has 1 heterocycles. The summed E-state index contributed by atoms with van der Waals surface area (Å²) in [6, 6.07) is 0. The zero-order valence-electron chi connectivity index (χ0n) is 25.0. The van der Waals surface area contributed by atoms with Crippen molar-refractivity contribution in [2.75, 3.05) is 13.1 Å². The van der Waals surface area contributed by atoms with Gasteiger partial charge in [0.25, 0.3) is 0 Å². The van der Waals surface area contributed by atoms with Crippen LogP contribution in [0.5, 0.6) is 5.88 Å². The van der Waals surface area contributed by atoms with Gasteiger partial charge < -0.3 is 5.11 Å². The first-order valence-corrected chi connectivity index (χ1v) is 16.0. The molecular formula is C31H62N4O2. The van der Waals surface area contributed by atoms with Crippen LogP contribution in [0.1, 0.15) is 168 Å². The van der Waals surface area contributed by atoms with E-state index in [0.29, 0.717) is 0 Å². The summed E-state index contributed by atoms with van der Waals surface area (Å²) in [5.74, 6) is 0.0284. The molecule has 0 fully saturated rings. The summed E-state index contributed by atoms with van der Waals surface area (Å²) < 4.78 is 3.08. The van der Waals surface area contributed by atoms with E-state index in [-0.39, 0.29) is 23.9 Å². The Morgan fingerprint density at radius 2 is 0.973 bits per heavy atom. The van der Waals surface area contributed by atoms with Gasteiger partial charge in [0.15, 0.2) is 0 Å². The monoisotopic (exact) mass is 522 g/mol. The zero-order valence-corrected chi connectivity index (χ0v) is 25.0. The second kappa shape index (κ2) is 22.7. The molecule has 0 aliphatic carbocycles. The second-order valence-electron chi connectivity index (χ2n) is 11.2. The van der Waals surface area contributed by atoms with Crippen molar-refractivity contribution in [1.29, 1.82) is 0 Å². The SMILES string of the molecule is CCCCCCCCCCCCNC(C)n1cc(O)n(C(C)NCCCCCCCCCCCC)c1=O. The number of aromatic hydroxyl groups is 1. The van der Waals surface area contributed by atoms with Crippen molar-refractivity contribution in [3.63, 3.8) is 0 Å². The maximum Gasteiger partial charge on any atom is 0.333 e. The van der Waals surface area contributed by atoms with Crippen LogP contribution in [0.15, 0.2) is 11.0 Å². The van der Waals surface area contributed by atoms with Crippen molar-refractivity contribution < 1.29 is 5.11 Å². The molecule has 0 radical (unpaired) electrons. The van der Waals surface area contributed by atoms with Crippen molar-refractivity contribution in [2.45, 2.75) is 168 Å². The van der Waals surface area contributed by atoms with E-state index in [9.17, 15) is 9.90 Å². The number of hydrogen-bond donors (Lipinski definition) is 3. The molecule has 37 heavy (non-hydrogen) atoms. The van der Waals surface area contributed by atoms with Crippen molar-refractivity contribution in [1.82, 2.24) is 19.8 Å². The van der Waals surface area contributed by atoms with Crippen LogP contribution in [-0.2, 0) is 0 Å². The number of hydrogen-bond acceptors (Lipinski definition) is 4. The Balaban J connectivity index is 2.19. The summed E-state index contributed by atoms with van der Waals surface area (Å²) in [4.78, 5) is 13.0. The maximum absolute atomic E-state index is 13.0. The first-order valence-electron chi connectivity index (χ1n) is 16.0. The van der Waals surface area contributed by atoms with Crippen LogP contribution in [-0.4, -0.2) is 27.3 Å². The molecule has 1 aromatic rings. The van der Waals surface area contributed by atoms with E-state index < -0.39 is 0 Å².